The third-order valence-corrected chi connectivity index (χ3v) is 4.80. The average Bonchev–Trinajstić information content (AvgIpc) is 2.94. The van der Waals surface area contributed by atoms with Crippen LogP contribution in [0.5, 0.6) is 11.5 Å². The van der Waals surface area contributed by atoms with Gasteiger partial charge in [0, 0.05) is 17.2 Å². The summed E-state index contributed by atoms with van der Waals surface area (Å²) in [7, 11) is -3.92. The van der Waals surface area contributed by atoms with E-state index in [0.29, 0.717) is 18.1 Å². The van der Waals surface area contributed by atoms with Gasteiger partial charge in [-0.05, 0) is 19.6 Å². The Bertz CT molecular complexity index is 520. The van der Waals surface area contributed by atoms with Gasteiger partial charge >= 0.3 is 0 Å². The van der Waals surface area contributed by atoms with Crippen LogP contribution in [0, 0.1) is 0 Å². The first-order chi connectivity index (χ1) is 10.4. The van der Waals surface area contributed by atoms with Gasteiger partial charge in [-0.15, -0.1) is 11.3 Å². The molecule has 6 nitrogen and oxygen atoms in total. The van der Waals surface area contributed by atoms with E-state index in [2.05, 4.69) is 25.7 Å². The first-order valence-electron chi connectivity index (χ1n) is 7.42. The molecule has 1 unspecified atom stereocenters. The van der Waals surface area contributed by atoms with Crippen LogP contribution >= 0.6 is 11.3 Å². The van der Waals surface area contributed by atoms with Crippen molar-refractivity contribution in [2.75, 3.05) is 32.0 Å². The molecular formula is C14H25NO5S2. The minimum absolute atomic E-state index is 0.230. The largest absolute Gasteiger partial charge is 0.485 e. The Morgan fingerprint density at radius 2 is 1.82 bits per heavy atom. The van der Waals surface area contributed by atoms with Gasteiger partial charge in [-0.3, -0.25) is 4.55 Å². The molecule has 0 fully saturated rings. The second kappa shape index (κ2) is 9.34. The summed E-state index contributed by atoms with van der Waals surface area (Å²) in [5, 5.41) is 3.63. The second-order valence-corrected chi connectivity index (χ2v) is 7.16. The lowest BCUT2D eigenvalue weighted by Gasteiger charge is -2.23. The zero-order chi connectivity index (χ0) is 16.6. The first kappa shape index (κ1) is 19.2. The molecule has 0 radical (unpaired) electrons. The quantitative estimate of drug-likeness (QED) is 0.794. The number of ether oxygens (including phenoxy) is 2. The highest BCUT2D eigenvalue weighted by atomic mass is 32.2. The van der Waals surface area contributed by atoms with Gasteiger partial charge in [0.2, 0.25) is 0 Å². The number of hydrogen-bond acceptors (Lipinski definition) is 6. The number of nitrogens with zero attached hydrogens (tertiary/aromatic N) is 1. The highest BCUT2D eigenvalue weighted by Gasteiger charge is 2.23. The van der Waals surface area contributed by atoms with Crippen LogP contribution < -0.4 is 9.47 Å². The Morgan fingerprint density at radius 3 is 2.32 bits per heavy atom. The normalized spacial score (nSPS) is 17.0. The van der Waals surface area contributed by atoms with Gasteiger partial charge in [-0.1, -0.05) is 20.8 Å². The summed E-state index contributed by atoms with van der Waals surface area (Å²) in [5.41, 5.74) is 0. The maximum absolute atomic E-state index is 10.5. The third-order valence-electron chi connectivity index (χ3n) is 3.35. The molecule has 1 aromatic rings. The van der Waals surface area contributed by atoms with Crippen LogP contribution in [0.1, 0.15) is 27.2 Å². The Labute approximate surface area is 136 Å². The summed E-state index contributed by atoms with van der Waals surface area (Å²) in [6.45, 7) is 10.4. The average molecular weight is 351 g/mol. The molecule has 1 aliphatic rings. The smallest absolute Gasteiger partial charge is 0.264 e. The zero-order valence-electron chi connectivity index (χ0n) is 13.3. The van der Waals surface area contributed by atoms with E-state index < -0.39 is 10.1 Å². The Balaban J connectivity index is 0.000000295. The molecule has 1 aliphatic heterocycles. The second-order valence-electron chi connectivity index (χ2n) is 4.85. The van der Waals surface area contributed by atoms with Crippen LogP contribution in [0.25, 0.3) is 0 Å². The molecule has 1 N–H and O–H groups in total. The molecule has 0 aromatic carbocycles. The molecule has 0 saturated heterocycles. The minimum atomic E-state index is -3.92. The van der Waals surface area contributed by atoms with Crippen LogP contribution in [-0.4, -0.2) is 56.0 Å². The van der Waals surface area contributed by atoms with E-state index in [-0.39, 0.29) is 18.3 Å². The standard InChI is InChI=1S/C8H10O5S2.C6H15N/c9-15(10,11)2-1-6-3-12-7-4-14-5-8(7)13-6;1-4-7(5-2)6-3/h4-6H,1-3H2,(H,9,10,11);4-6H2,1-3H3. The van der Waals surface area contributed by atoms with Crippen molar-refractivity contribution in [2.24, 2.45) is 0 Å². The zero-order valence-corrected chi connectivity index (χ0v) is 15.0. The SMILES string of the molecule is CCN(CC)CC.O=S(=O)(O)CCC1COc2cscc2O1. The molecule has 22 heavy (non-hydrogen) atoms. The van der Waals surface area contributed by atoms with E-state index in [1.165, 1.54) is 31.0 Å². The van der Waals surface area contributed by atoms with Crippen molar-refractivity contribution >= 4 is 21.5 Å². The third kappa shape index (κ3) is 6.95. The molecule has 0 bridgehead atoms. The van der Waals surface area contributed by atoms with E-state index in [0.717, 1.165) is 0 Å². The van der Waals surface area contributed by atoms with Crippen molar-refractivity contribution in [3.63, 3.8) is 0 Å². The van der Waals surface area contributed by atoms with E-state index in [1.807, 2.05) is 5.38 Å². The maximum Gasteiger partial charge on any atom is 0.264 e. The van der Waals surface area contributed by atoms with E-state index >= 15 is 0 Å². The van der Waals surface area contributed by atoms with Crippen LogP contribution in [0.4, 0.5) is 0 Å². The van der Waals surface area contributed by atoms with Gasteiger partial charge in [-0.25, -0.2) is 0 Å². The van der Waals surface area contributed by atoms with Crippen molar-refractivity contribution in [1.82, 2.24) is 4.90 Å². The summed E-state index contributed by atoms with van der Waals surface area (Å²) in [6.07, 6.45) is -0.0808. The predicted molar refractivity (Wildman–Crippen MR) is 88.7 cm³/mol. The summed E-state index contributed by atoms with van der Waals surface area (Å²) in [5.74, 6) is 1.04. The minimum Gasteiger partial charge on any atom is -0.485 e. The molecule has 0 spiro atoms. The molecule has 1 aromatic heterocycles. The molecule has 0 amide bonds. The fourth-order valence-electron chi connectivity index (χ4n) is 1.95. The Kier molecular flexibility index (Phi) is 8.16. The molecule has 2 rings (SSSR count). The van der Waals surface area contributed by atoms with Crippen molar-refractivity contribution in [1.29, 1.82) is 0 Å². The van der Waals surface area contributed by atoms with Crippen molar-refractivity contribution in [2.45, 2.75) is 33.3 Å². The molecule has 128 valence electrons. The monoisotopic (exact) mass is 351 g/mol. The molecule has 8 heteroatoms. The lowest BCUT2D eigenvalue weighted by atomic mass is 10.3. The van der Waals surface area contributed by atoms with Crippen LogP contribution in [0.3, 0.4) is 0 Å². The topological polar surface area (TPSA) is 76.1 Å². The molecule has 0 aliphatic carbocycles. The van der Waals surface area contributed by atoms with Gasteiger partial charge in [0.05, 0.1) is 5.75 Å². The summed E-state index contributed by atoms with van der Waals surface area (Å²) < 4.78 is 40.5. The fourth-order valence-corrected chi connectivity index (χ4v) is 3.19. The highest BCUT2D eigenvalue weighted by molar-refractivity contribution is 7.85. The molecule has 2 heterocycles. The van der Waals surface area contributed by atoms with Crippen molar-refractivity contribution in [3.8, 4) is 11.5 Å². The van der Waals surface area contributed by atoms with Crippen LogP contribution in [0.15, 0.2) is 10.8 Å². The summed E-state index contributed by atoms with van der Waals surface area (Å²) in [4.78, 5) is 2.38. The lowest BCUT2D eigenvalue weighted by Crippen LogP contribution is -2.30. The number of fused-ring (bicyclic) bond motifs is 1. The number of thiophene rings is 1. The lowest BCUT2D eigenvalue weighted by molar-refractivity contribution is 0.0900. The maximum atomic E-state index is 10.5. The van der Waals surface area contributed by atoms with E-state index in [4.69, 9.17) is 14.0 Å². The summed E-state index contributed by atoms with van der Waals surface area (Å²) in [6, 6.07) is 0. The Hall–Kier alpha value is -0.830. The summed E-state index contributed by atoms with van der Waals surface area (Å²) >= 11 is 1.46. The van der Waals surface area contributed by atoms with E-state index in [1.54, 1.807) is 5.38 Å². The van der Waals surface area contributed by atoms with Crippen LogP contribution in [-0.2, 0) is 10.1 Å². The predicted octanol–water partition coefficient (Wildman–Crippen LogP) is 2.51. The molecular weight excluding hydrogens is 326 g/mol. The van der Waals surface area contributed by atoms with Gasteiger partial charge in [0.15, 0.2) is 11.5 Å². The first-order valence-corrected chi connectivity index (χ1v) is 9.97. The van der Waals surface area contributed by atoms with Gasteiger partial charge in [0.1, 0.15) is 12.7 Å². The van der Waals surface area contributed by atoms with Crippen molar-refractivity contribution in [3.05, 3.63) is 10.8 Å². The fraction of sp³-hybridized carbons (Fsp3) is 0.714. The van der Waals surface area contributed by atoms with Gasteiger partial charge in [-0.2, -0.15) is 8.42 Å². The number of rotatable bonds is 6. The van der Waals surface area contributed by atoms with Gasteiger partial charge < -0.3 is 14.4 Å². The Morgan fingerprint density at radius 1 is 1.23 bits per heavy atom. The molecule has 0 saturated carbocycles. The molecule has 1 atom stereocenters. The van der Waals surface area contributed by atoms with Crippen molar-refractivity contribution < 1.29 is 22.4 Å². The number of hydrogen-bond donors (Lipinski definition) is 1. The van der Waals surface area contributed by atoms with E-state index in [9.17, 15) is 8.42 Å². The van der Waals surface area contributed by atoms with Gasteiger partial charge in [0.25, 0.3) is 10.1 Å². The van der Waals surface area contributed by atoms with Crippen LogP contribution in [0.2, 0.25) is 0 Å². The highest BCUT2D eigenvalue weighted by Crippen LogP contribution is 2.35.